The van der Waals surface area contributed by atoms with E-state index in [1.807, 2.05) is 18.2 Å². The second kappa shape index (κ2) is 9.78. The number of nitrogens with zero attached hydrogens (tertiary/aromatic N) is 2. The first-order valence-corrected chi connectivity index (χ1v) is 13.9. The van der Waals surface area contributed by atoms with E-state index in [-0.39, 0.29) is 5.41 Å². The molecule has 2 heterocycles. The third kappa shape index (κ3) is 3.94. The fourth-order valence-corrected chi connectivity index (χ4v) is 7.13. The molecule has 1 aliphatic heterocycles. The van der Waals surface area contributed by atoms with Gasteiger partial charge < -0.3 is 14.6 Å². The van der Waals surface area contributed by atoms with Crippen LogP contribution < -0.4 is 0 Å². The van der Waals surface area contributed by atoms with Crippen LogP contribution in [0.2, 0.25) is 0 Å². The van der Waals surface area contributed by atoms with Gasteiger partial charge in [0.1, 0.15) is 0 Å². The average Bonchev–Trinajstić information content (AvgIpc) is 3.41. The van der Waals surface area contributed by atoms with Crippen molar-refractivity contribution in [3.63, 3.8) is 0 Å². The largest absolute Gasteiger partial charge is 0.494 e. The summed E-state index contributed by atoms with van der Waals surface area (Å²) >= 11 is 0. The van der Waals surface area contributed by atoms with Gasteiger partial charge in [0.15, 0.2) is 5.88 Å². The van der Waals surface area contributed by atoms with Crippen LogP contribution in [0.4, 0.5) is 0 Å². The van der Waals surface area contributed by atoms with Gasteiger partial charge in [-0.05, 0) is 67.0 Å². The first kappa shape index (κ1) is 23.4. The third-order valence-electron chi connectivity index (χ3n) is 8.86. The summed E-state index contributed by atoms with van der Waals surface area (Å²) in [5, 5.41) is 12.8. The molecular weight excluding hydrogens is 440 g/mol. The van der Waals surface area contributed by atoms with Crippen molar-refractivity contribution in [2.24, 2.45) is 0 Å². The minimum Gasteiger partial charge on any atom is -0.494 e. The fraction of sp³-hybridized carbons (Fsp3) is 0.394. The van der Waals surface area contributed by atoms with Gasteiger partial charge in [-0.1, -0.05) is 86.5 Å². The number of aromatic nitrogens is 1. The van der Waals surface area contributed by atoms with Gasteiger partial charge >= 0.3 is 0 Å². The number of hydrogen-bond donors (Lipinski definition) is 1. The van der Waals surface area contributed by atoms with Crippen LogP contribution in [0.15, 0.2) is 79.0 Å². The quantitative estimate of drug-likeness (QED) is 0.261. The molecule has 0 unspecified atom stereocenters. The molecule has 6 rings (SSSR count). The van der Waals surface area contributed by atoms with Crippen LogP contribution in [0, 0.1) is 0 Å². The molecule has 3 heteroatoms. The van der Waals surface area contributed by atoms with E-state index in [2.05, 4.69) is 77.2 Å². The maximum Gasteiger partial charge on any atom is 0.199 e. The van der Waals surface area contributed by atoms with Crippen LogP contribution in [0.3, 0.4) is 0 Å². The number of hydrogen-bond acceptors (Lipinski definition) is 2. The molecule has 0 atom stereocenters. The number of benzene rings is 3. The van der Waals surface area contributed by atoms with E-state index in [9.17, 15) is 5.11 Å². The molecule has 2 aliphatic rings. The Labute approximate surface area is 215 Å². The monoisotopic (exact) mass is 478 g/mol. The number of likely N-dealkylation sites (tertiary alicyclic amines) is 1. The van der Waals surface area contributed by atoms with E-state index >= 15 is 0 Å². The van der Waals surface area contributed by atoms with Crippen LogP contribution in [-0.2, 0) is 5.41 Å². The highest BCUT2D eigenvalue weighted by atomic mass is 16.3. The highest BCUT2D eigenvalue weighted by Gasteiger charge is 2.41. The molecule has 4 aromatic rings. The zero-order valence-electron chi connectivity index (χ0n) is 21.5. The molecule has 1 saturated heterocycles. The number of unbranched alkanes of at least 4 members (excludes halogenated alkanes) is 1. The topological polar surface area (TPSA) is 28.4 Å². The minimum absolute atomic E-state index is 0.170. The average molecular weight is 479 g/mol. The summed E-state index contributed by atoms with van der Waals surface area (Å²) in [6.45, 7) is 5.74. The van der Waals surface area contributed by atoms with Gasteiger partial charge in [0.2, 0.25) is 0 Å². The molecule has 3 aromatic carbocycles. The van der Waals surface area contributed by atoms with Gasteiger partial charge in [-0.15, -0.1) is 0 Å². The molecule has 0 radical (unpaired) electrons. The highest BCUT2D eigenvalue weighted by Crippen LogP contribution is 2.53. The van der Waals surface area contributed by atoms with E-state index in [4.69, 9.17) is 0 Å². The van der Waals surface area contributed by atoms with Gasteiger partial charge in [-0.3, -0.25) is 0 Å². The van der Waals surface area contributed by atoms with Crippen molar-refractivity contribution in [2.75, 3.05) is 19.6 Å². The van der Waals surface area contributed by atoms with Gasteiger partial charge in [0.05, 0.1) is 0 Å². The first-order valence-electron chi connectivity index (χ1n) is 13.9. The molecule has 0 saturated carbocycles. The Balaban J connectivity index is 1.08. The van der Waals surface area contributed by atoms with Crippen molar-refractivity contribution in [2.45, 2.75) is 63.3 Å². The van der Waals surface area contributed by atoms with Crippen LogP contribution >= 0.6 is 0 Å². The summed E-state index contributed by atoms with van der Waals surface area (Å²) < 4.78 is 2.12. The Morgan fingerprint density at radius 2 is 1.44 bits per heavy atom. The van der Waals surface area contributed by atoms with Crippen molar-refractivity contribution in [3.05, 3.63) is 90.1 Å². The van der Waals surface area contributed by atoms with E-state index < -0.39 is 0 Å². The molecule has 0 bridgehead atoms. The second-order valence-corrected chi connectivity index (χ2v) is 10.9. The van der Waals surface area contributed by atoms with Gasteiger partial charge in [0, 0.05) is 41.5 Å². The van der Waals surface area contributed by atoms with Crippen LogP contribution in [0.25, 0.3) is 21.9 Å². The van der Waals surface area contributed by atoms with E-state index in [0.29, 0.717) is 11.9 Å². The molecule has 1 N–H and O–H groups in total. The molecule has 36 heavy (non-hydrogen) atoms. The Morgan fingerprint density at radius 1 is 0.806 bits per heavy atom. The molecule has 186 valence electrons. The van der Waals surface area contributed by atoms with E-state index in [1.54, 1.807) is 11.1 Å². The molecular formula is C33H38N2O. The summed E-state index contributed by atoms with van der Waals surface area (Å²) in [6, 6.07) is 26.8. The Morgan fingerprint density at radius 3 is 2.11 bits per heavy atom. The number of aromatic hydroxyl groups is 1. The zero-order chi connectivity index (χ0) is 24.5. The smallest absolute Gasteiger partial charge is 0.199 e. The van der Waals surface area contributed by atoms with Crippen molar-refractivity contribution in [1.82, 2.24) is 9.47 Å². The van der Waals surface area contributed by atoms with Crippen molar-refractivity contribution in [3.8, 4) is 17.0 Å². The molecule has 3 nitrogen and oxygen atoms in total. The Bertz CT molecular complexity index is 1300. The van der Waals surface area contributed by atoms with Crippen LogP contribution in [0.1, 0.15) is 69.0 Å². The summed E-state index contributed by atoms with van der Waals surface area (Å²) in [4.78, 5) is 2.64. The number of fused-ring (bicyclic) bond motifs is 4. The van der Waals surface area contributed by atoms with E-state index in [1.165, 1.54) is 49.8 Å². The lowest BCUT2D eigenvalue weighted by Gasteiger charge is -2.34. The normalized spacial score (nSPS) is 17.4. The molecule has 1 fully saturated rings. The zero-order valence-corrected chi connectivity index (χ0v) is 21.5. The van der Waals surface area contributed by atoms with Crippen molar-refractivity contribution >= 4 is 10.8 Å². The summed E-state index contributed by atoms with van der Waals surface area (Å²) in [7, 11) is 0. The lowest BCUT2D eigenvalue weighted by Crippen LogP contribution is -2.35. The molecule has 0 amide bonds. The van der Waals surface area contributed by atoms with Crippen LogP contribution in [0.5, 0.6) is 5.88 Å². The van der Waals surface area contributed by atoms with Gasteiger partial charge in [-0.25, -0.2) is 0 Å². The van der Waals surface area contributed by atoms with Gasteiger partial charge in [-0.2, -0.15) is 0 Å². The lowest BCUT2D eigenvalue weighted by atomic mass is 9.71. The minimum atomic E-state index is 0.170. The maximum absolute atomic E-state index is 10.7. The fourth-order valence-electron chi connectivity index (χ4n) is 7.13. The second-order valence-electron chi connectivity index (χ2n) is 10.9. The Hall–Kier alpha value is -3.04. The predicted molar refractivity (Wildman–Crippen MR) is 150 cm³/mol. The summed E-state index contributed by atoms with van der Waals surface area (Å²) in [5.41, 5.74) is 6.16. The SMILES string of the molecule is CCCC1(CCCCN2CCC(n3cc4ccccc4c3O)CC2)c2ccccc2-c2ccccc21. The number of piperidine rings is 1. The van der Waals surface area contributed by atoms with Gasteiger partial charge in [0.25, 0.3) is 0 Å². The molecule has 0 spiro atoms. The lowest BCUT2D eigenvalue weighted by molar-refractivity contribution is 0.177. The standard InChI is InChI=1S/C33H38N2O/c1-2-19-33(30-15-7-5-13-28(30)29-14-6-8-16-31(29)33)20-9-10-21-34-22-17-26(18-23-34)35-24-25-11-3-4-12-27(25)32(35)36/h3-8,11-16,24,26,36H,2,9-10,17-23H2,1H3. The summed E-state index contributed by atoms with van der Waals surface area (Å²) in [6.07, 6.45) is 10.5. The van der Waals surface area contributed by atoms with Crippen LogP contribution in [-0.4, -0.2) is 34.2 Å². The predicted octanol–water partition coefficient (Wildman–Crippen LogP) is 7.92. The van der Waals surface area contributed by atoms with Crippen molar-refractivity contribution < 1.29 is 5.11 Å². The third-order valence-corrected chi connectivity index (χ3v) is 8.86. The maximum atomic E-state index is 10.7. The summed E-state index contributed by atoms with van der Waals surface area (Å²) in [5.74, 6) is 0.433. The van der Waals surface area contributed by atoms with Crippen molar-refractivity contribution in [1.29, 1.82) is 0 Å². The number of rotatable bonds is 8. The first-order chi connectivity index (χ1) is 17.7. The molecule has 1 aromatic heterocycles. The molecule has 1 aliphatic carbocycles. The Kier molecular flexibility index (Phi) is 6.35. The highest BCUT2D eigenvalue weighted by molar-refractivity contribution is 5.87. The van der Waals surface area contributed by atoms with E-state index in [0.717, 1.165) is 36.7 Å².